The van der Waals surface area contributed by atoms with Crippen molar-refractivity contribution < 1.29 is 9.90 Å². The fourth-order valence-electron chi connectivity index (χ4n) is 1.59. The Morgan fingerprint density at radius 2 is 1.89 bits per heavy atom. The highest BCUT2D eigenvalue weighted by Crippen LogP contribution is 2.27. The number of para-hydroxylation sites is 1. The zero-order chi connectivity index (χ0) is 13.1. The maximum Gasteiger partial charge on any atom is 0.257 e. The molecule has 0 aliphatic heterocycles. The van der Waals surface area contributed by atoms with Crippen LogP contribution in [0, 0.1) is 6.92 Å². The molecule has 92 valence electrons. The molecule has 0 aliphatic rings. The lowest BCUT2D eigenvalue weighted by Crippen LogP contribution is -2.12. The molecule has 0 saturated carbocycles. The lowest BCUT2D eigenvalue weighted by Gasteiger charge is -2.09. The van der Waals surface area contributed by atoms with Crippen molar-refractivity contribution in [2.75, 3.05) is 5.32 Å². The molecule has 4 heteroatoms. The van der Waals surface area contributed by atoms with Gasteiger partial charge >= 0.3 is 0 Å². The predicted molar refractivity (Wildman–Crippen MR) is 72.2 cm³/mol. The zero-order valence-corrected chi connectivity index (χ0v) is 10.5. The molecule has 1 amide bonds. The molecule has 2 aromatic carbocycles. The summed E-state index contributed by atoms with van der Waals surface area (Å²) >= 11 is 5.93. The number of hydrogen-bond acceptors (Lipinski definition) is 2. The van der Waals surface area contributed by atoms with Crippen LogP contribution in [0.15, 0.2) is 42.5 Å². The van der Waals surface area contributed by atoms with Gasteiger partial charge in [0.15, 0.2) is 0 Å². The first kappa shape index (κ1) is 12.5. The summed E-state index contributed by atoms with van der Waals surface area (Å²) in [5, 5.41) is 12.8. The first-order chi connectivity index (χ1) is 8.59. The molecule has 0 atom stereocenters. The number of benzene rings is 2. The van der Waals surface area contributed by atoms with Gasteiger partial charge in [-0.3, -0.25) is 4.79 Å². The Labute approximate surface area is 110 Å². The summed E-state index contributed by atoms with van der Waals surface area (Å²) < 4.78 is 0. The first-order valence-corrected chi connectivity index (χ1v) is 5.82. The SMILES string of the molecule is Cc1cccc(NC(=O)c2ccccc2Cl)c1O. The summed E-state index contributed by atoms with van der Waals surface area (Å²) in [6, 6.07) is 11.9. The van der Waals surface area contributed by atoms with Crippen molar-refractivity contribution >= 4 is 23.2 Å². The topological polar surface area (TPSA) is 49.3 Å². The molecular weight excluding hydrogens is 250 g/mol. The predicted octanol–water partition coefficient (Wildman–Crippen LogP) is 3.61. The number of rotatable bonds is 2. The molecule has 2 N–H and O–H groups in total. The fraction of sp³-hybridized carbons (Fsp3) is 0.0714. The summed E-state index contributed by atoms with van der Waals surface area (Å²) in [6.45, 7) is 1.76. The van der Waals surface area contributed by atoms with Crippen LogP contribution in [-0.4, -0.2) is 11.0 Å². The van der Waals surface area contributed by atoms with Gasteiger partial charge in [0, 0.05) is 0 Å². The van der Waals surface area contributed by atoms with Crippen LogP contribution in [0.5, 0.6) is 5.75 Å². The van der Waals surface area contributed by atoms with Gasteiger partial charge in [-0.1, -0.05) is 35.9 Å². The number of hydrogen-bond donors (Lipinski definition) is 2. The van der Waals surface area contributed by atoms with E-state index < -0.39 is 0 Å². The van der Waals surface area contributed by atoms with Crippen LogP contribution in [0.3, 0.4) is 0 Å². The Morgan fingerprint density at radius 1 is 1.17 bits per heavy atom. The summed E-state index contributed by atoms with van der Waals surface area (Å²) in [7, 11) is 0. The highest BCUT2D eigenvalue weighted by molar-refractivity contribution is 6.34. The normalized spacial score (nSPS) is 10.1. The second-order valence-electron chi connectivity index (χ2n) is 3.91. The number of aromatic hydroxyl groups is 1. The van der Waals surface area contributed by atoms with E-state index in [4.69, 9.17) is 11.6 Å². The summed E-state index contributed by atoms with van der Waals surface area (Å²) in [4.78, 5) is 12.0. The maximum absolute atomic E-state index is 12.0. The first-order valence-electron chi connectivity index (χ1n) is 5.44. The molecule has 0 aromatic heterocycles. The van der Waals surface area contributed by atoms with E-state index in [2.05, 4.69) is 5.32 Å². The molecule has 2 aromatic rings. The van der Waals surface area contributed by atoms with Crippen LogP contribution in [0.1, 0.15) is 15.9 Å². The van der Waals surface area contributed by atoms with Crippen molar-refractivity contribution in [3.8, 4) is 5.75 Å². The van der Waals surface area contributed by atoms with Crippen molar-refractivity contribution in [2.24, 2.45) is 0 Å². The summed E-state index contributed by atoms with van der Waals surface area (Å²) in [5.74, 6) is -0.278. The Bertz CT molecular complexity index is 596. The molecule has 2 rings (SSSR count). The molecule has 0 radical (unpaired) electrons. The number of amides is 1. The molecule has 0 aliphatic carbocycles. The zero-order valence-electron chi connectivity index (χ0n) is 9.77. The van der Waals surface area contributed by atoms with Crippen LogP contribution < -0.4 is 5.32 Å². The Balaban J connectivity index is 2.27. The lowest BCUT2D eigenvalue weighted by atomic mass is 10.1. The quantitative estimate of drug-likeness (QED) is 0.812. The van der Waals surface area contributed by atoms with E-state index in [-0.39, 0.29) is 11.7 Å². The average molecular weight is 262 g/mol. The largest absolute Gasteiger partial charge is 0.505 e. The van der Waals surface area contributed by atoms with E-state index >= 15 is 0 Å². The maximum atomic E-state index is 12.0. The third kappa shape index (κ3) is 2.46. The van der Waals surface area contributed by atoms with Gasteiger partial charge in [0.25, 0.3) is 5.91 Å². The molecule has 0 unspecified atom stereocenters. The van der Waals surface area contributed by atoms with Gasteiger partial charge in [-0.2, -0.15) is 0 Å². The van der Waals surface area contributed by atoms with E-state index in [1.54, 1.807) is 49.4 Å². The van der Waals surface area contributed by atoms with E-state index in [0.717, 1.165) is 0 Å². The van der Waals surface area contributed by atoms with Gasteiger partial charge in [-0.15, -0.1) is 0 Å². The smallest absolute Gasteiger partial charge is 0.257 e. The number of carbonyl (C=O) groups excluding carboxylic acids is 1. The summed E-state index contributed by atoms with van der Waals surface area (Å²) in [5.41, 5.74) is 1.45. The number of anilines is 1. The van der Waals surface area contributed by atoms with Crippen molar-refractivity contribution in [1.29, 1.82) is 0 Å². The Kier molecular flexibility index (Phi) is 3.53. The third-order valence-electron chi connectivity index (χ3n) is 2.60. The van der Waals surface area contributed by atoms with Crippen molar-refractivity contribution in [3.05, 3.63) is 58.6 Å². The average Bonchev–Trinajstić information content (AvgIpc) is 2.35. The molecule has 0 saturated heterocycles. The van der Waals surface area contributed by atoms with Gasteiger partial charge in [0.05, 0.1) is 16.3 Å². The number of carbonyl (C=O) groups is 1. The van der Waals surface area contributed by atoms with Gasteiger partial charge in [-0.05, 0) is 30.7 Å². The van der Waals surface area contributed by atoms with E-state index in [0.29, 0.717) is 21.8 Å². The molecule has 18 heavy (non-hydrogen) atoms. The van der Waals surface area contributed by atoms with Gasteiger partial charge in [0.2, 0.25) is 0 Å². The molecule has 0 spiro atoms. The fourth-order valence-corrected chi connectivity index (χ4v) is 1.82. The Morgan fingerprint density at radius 3 is 2.61 bits per heavy atom. The van der Waals surface area contributed by atoms with Crippen LogP contribution in [0.4, 0.5) is 5.69 Å². The van der Waals surface area contributed by atoms with Gasteiger partial charge in [-0.25, -0.2) is 0 Å². The van der Waals surface area contributed by atoms with E-state index in [1.165, 1.54) is 0 Å². The highest BCUT2D eigenvalue weighted by Gasteiger charge is 2.12. The number of nitrogens with one attached hydrogen (secondary N) is 1. The van der Waals surface area contributed by atoms with Crippen LogP contribution in [0.2, 0.25) is 5.02 Å². The monoisotopic (exact) mass is 261 g/mol. The molecular formula is C14H12ClNO2. The number of phenols is 1. The molecule has 0 heterocycles. The second kappa shape index (κ2) is 5.10. The van der Waals surface area contributed by atoms with E-state index in [9.17, 15) is 9.90 Å². The standard InChI is InChI=1S/C14H12ClNO2/c1-9-5-4-8-12(13(9)17)16-14(18)10-6-2-3-7-11(10)15/h2-8,17H,1H3,(H,16,18). The number of halogens is 1. The van der Waals surface area contributed by atoms with Crippen LogP contribution in [-0.2, 0) is 0 Å². The van der Waals surface area contributed by atoms with Crippen LogP contribution >= 0.6 is 11.6 Å². The van der Waals surface area contributed by atoms with Crippen LogP contribution in [0.25, 0.3) is 0 Å². The number of aryl methyl sites for hydroxylation is 1. The van der Waals surface area contributed by atoms with Crippen molar-refractivity contribution in [1.82, 2.24) is 0 Å². The molecule has 0 fully saturated rings. The lowest BCUT2D eigenvalue weighted by molar-refractivity contribution is 0.102. The molecule has 0 bridgehead atoms. The minimum atomic E-state index is -0.346. The van der Waals surface area contributed by atoms with Crippen molar-refractivity contribution in [3.63, 3.8) is 0 Å². The second-order valence-corrected chi connectivity index (χ2v) is 4.31. The minimum Gasteiger partial charge on any atom is -0.505 e. The van der Waals surface area contributed by atoms with Gasteiger partial charge in [0.1, 0.15) is 5.75 Å². The van der Waals surface area contributed by atoms with Crippen molar-refractivity contribution in [2.45, 2.75) is 6.92 Å². The summed E-state index contributed by atoms with van der Waals surface area (Å²) in [6.07, 6.45) is 0. The van der Waals surface area contributed by atoms with Gasteiger partial charge < -0.3 is 10.4 Å². The number of phenolic OH excluding ortho intramolecular Hbond substituents is 1. The molecule has 3 nitrogen and oxygen atoms in total. The minimum absolute atomic E-state index is 0.0675. The highest BCUT2D eigenvalue weighted by atomic mass is 35.5. The third-order valence-corrected chi connectivity index (χ3v) is 2.93. The Hall–Kier alpha value is -2.00. The van der Waals surface area contributed by atoms with E-state index in [1.807, 2.05) is 0 Å².